The molecule has 1 N–H and O–H groups in total. The second-order valence-electron chi connectivity index (χ2n) is 3.72. The molecule has 0 aliphatic rings. The minimum Gasteiger partial charge on any atom is -0.476 e. The smallest absolute Gasteiger partial charge is 0.358 e. The van der Waals surface area contributed by atoms with Gasteiger partial charge < -0.3 is 14.4 Å². The van der Waals surface area contributed by atoms with Crippen LogP contribution in [-0.2, 0) is 18.0 Å². The number of hydrogen-bond donors (Lipinski definition) is 1. The minimum absolute atomic E-state index is 0.126. The van der Waals surface area contributed by atoms with Gasteiger partial charge in [0.1, 0.15) is 6.61 Å². The first-order chi connectivity index (χ1) is 9.06. The average Bonchev–Trinajstić information content (AvgIpc) is 2.83. The first-order valence-corrected chi connectivity index (χ1v) is 6.02. The average molecular weight is 302 g/mol. The number of carbonyl (C=O) groups is 1. The molecule has 0 saturated heterocycles. The van der Waals surface area contributed by atoms with E-state index in [-0.39, 0.29) is 12.3 Å². The molecule has 0 amide bonds. The molecule has 1 aromatic heterocycles. The molecule has 2 rings (SSSR count). The maximum Gasteiger partial charge on any atom is 0.358 e. The van der Waals surface area contributed by atoms with E-state index >= 15 is 0 Å². The Morgan fingerprint density at radius 2 is 2.05 bits per heavy atom. The largest absolute Gasteiger partial charge is 0.476 e. The van der Waals surface area contributed by atoms with Crippen LogP contribution in [0, 0.1) is 0 Å². The predicted octanol–water partition coefficient (Wildman–Crippen LogP) is 3.40. The molecular formula is C12H9Cl2NO4. The fraction of sp³-hybridized carbons (Fsp3) is 0.167. The summed E-state index contributed by atoms with van der Waals surface area (Å²) in [5.74, 6) is -0.794. The molecule has 2 aromatic rings. The van der Waals surface area contributed by atoms with Gasteiger partial charge in [-0.1, -0.05) is 34.4 Å². The van der Waals surface area contributed by atoms with Crippen molar-refractivity contribution in [1.82, 2.24) is 5.16 Å². The molecule has 0 fully saturated rings. The highest BCUT2D eigenvalue weighted by Crippen LogP contribution is 2.23. The van der Waals surface area contributed by atoms with E-state index in [1.807, 2.05) is 0 Å². The van der Waals surface area contributed by atoms with Crippen LogP contribution in [0.4, 0.5) is 0 Å². The molecule has 0 spiro atoms. The first kappa shape index (κ1) is 13.9. The fourth-order valence-corrected chi connectivity index (χ4v) is 1.70. The molecule has 0 saturated carbocycles. The lowest BCUT2D eigenvalue weighted by Crippen LogP contribution is -1.95. The predicted molar refractivity (Wildman–Crippen MR) is 68.4 cm³/mol. The van der Waals surface area contributed by atoms with E-state index in [1.165, 1.54) is 6.07 Å². The van der Waals surface area contributed by atoms with Gasteiger partial charge in [-0.2, -0.15) is 0 Å². The second-order valence-corrected chi connectivity index (χ2v) is 4.54. The zero-order valence-electron chi connectivity index (χ0n) is 9.60. The minimum atomic E-state index is -1.14. The number of rotatable bonds is 5. The number of aromatic carboxylic acids is 1. The molecule has 19 heavy (non-hydrogen) atoms. The normalized spacial score (nSPS) is 10.6. The van der Waals surface area contributed by atoms with E-state index < -0.39 is 5.97 Å². The lowest BCUT2D eigenvalue weighted by atomic mass is 10.2. The molecule has 0 atom stereocenters. The standard InChI is InChI=1S/C12H9Cl2NO4/c13-9-2-1-7(3-10(9)14)5-18-6-8-4-11(12(16)17)15-19-8/h1-4H,5-6H2,(H,16,17). The van der Waals surface area contributed by atoms with E-state index in [0.29, 0.717) is 22.4 Å². The number of benzene rings is 1. The third kappa shape index (κ3) is 3.70. The van der Waals surface area contributed by atoms with Crippen LogP contribution < -0.4 is 0 Å². The third-order valence-electron chi connectivity index (χ3n) is 2.28. The van der Waals surface area contributed by atoms with Gasteiger partial charge in [0.15, 0.2) is 11.5 Å². The summed E-state index contributed by atoms with van der Waals surface area (Å²) in [6.07, 6.45) is 0. The Morgan fingerprint density at radius 3 is 2.68 bits per heavy atom. The number of nitrogens with zero attached hydrogens (tertiary/aromatic N) is 1. The summed E-state index contributed by atoms with van der Waals surface area (Å²) in [5, 5.41) is 13.0. The molecule has 0 bridgehead atoms. The third-order valence-corrected chi connectivity index (χ3v) is 3.01. The quantitative estimate of drug-likeness (QED) is 0.916. The SMILES string of the molecule is O=C(O)c1cc(COCc2ccc(Cl)c(Cl)c2)on1. The monoisotopic (exact) mass is 301 g/mol. The van der Waals surface area contributed by atoms with E-state index in [1.54, 1.807) is 18.2 Å². The molecule has 0 aliphatic carbocycles. The molecule has 100 valence electrons. The van der Waals surface area contributed by atoms with E-state index in [0.717, 1.165) is 5.56 Å². The molecule has 0 unspecified atom stereocenters. The summed E-state index contributed by atoms with van der Waals surface area (Å²) in [7, 11) is 0. The van der Waals surface area contributed by atoms with Gasteiger partial charge in [-0.3, -0.25) is 0 Å². The van der Waals surface area contributed by atoms with Crippen LogP contribution in [0.3, 0.4) is 0 Å². The topological polar surface area (TPSA) is 72.6 Å². The number of carboxylic acid groups (broad SMARTS) is 1. The highest BCUT2D eigenvalue weighted by atomic mass is 35.5. The van der Waals surface area contributed by atoms with Crippen molar-refractivity contribution in [2.45, 2.75) is 13.2 Å². The number of hydrogen-bond acceptors (Lipinski definition) is 4. The van der Waals surface area contributed by atoms with Crippen LogP contribution in [0.2, 0.25) is 10.0 Å². The number of ether oxygens (including phenoxy) is 1. The fourth-order valence-electron chi connectivity index (χ4n) is 1.38. The summed E-state index contributed by atoms with van der Waals surface area (Å²) in [6, 6.07) is 6.49. The van der Waals surface area contributed by atoms with Crippen LogP contribution in [0.1, 0.15) is 21.8 Å². The Kier molecular flexibility index (Phi) is 4.42. The van der Waals surface area contributed by atoms with Crippen molar-refractivity contribution < 1.29 is 19.2 Å². The van der Waals surface area contributed by atoms with Gasteiger partial charge in [-0.05, 0) is 17.7 Å². The van der Waals surface area contributed by atoms with Crippen molar-refractivity contribution in [2.75, 3.05) is 0 Å². The number of aromatic nitrogens is 1. The Balaban J connectivity index is 1.88. The summed E-state index contributed by atoms with van der Waals surface area (Å²) in [4.78, 5) is 10.6. The molecule has 1 aromatic carbocycles. The number of carboxylic acids is 1. The first-order valence-electron chi connectivity index (χ1n) is 5.27. The van der Waals surface area contributed by atoms with Gasteiger partial charge in [-0.15, -0.1) is 0 Å². The van der Waals surface area contributed by atoms with Crippen LogP contribution >= 0.6 is 23.2 Å². The zero-order chi connectivity index (χ0) is 13.8. The lowest BCUT2D eigenvalue weighted by Gasteiger charge is -2.03. The van der Waals surface area contributed by atoms with Crippen molar-refractivity contribution in [3.8, 4) is 0 Å². The summed E-state index contributed by atoms with van der Waals surface area (Å²) >= 11 is 11.7. The van der Waals surface area contributed by atoms with E-state index in [4.69, 9.17) is 37.6 Å². The molecule has 5 nitrogen and oxygen atoms in total. The zero-order valence-corrected chi connectivity index (χ0v) is 11.1. The number of halogens is 2. The molecule has 0 radical (unpaired) electrons. The maximum absolute atomic E-state index is 10.6. The van der Waals surface area contributed by atoms with Crippen LogP contribution in [0.15, 0.2) is 28.8 Å². The Hall–Kier alpha value is -1.56. The van der Waals surface area contributed by atoms with Crippen LogP contribution in [0.5, 0.6) is 0 Å². The van der Waals surface area contributed by atoms with Crippen LogP contribution in [-0.4, -0.2) is 16.2 Å². The Bertz CT molecular complexity index is 597. The van der Waals surface area contributed by atoms with Gasteiger partial charge in [-0.25, -0.2) is 4.79 Å². The van der Waals surface area contributed by atoms with E-state index in [9.17, 15) is 4.79 Å². The Labute approximate surface area is 118 Å². The molecule has 1 heterocycles. The lowest BCUT2D eigenvalue weighted by molar-refractivity contribution is 0.0683. The summed E-state index contributed by atoms with van der Waals surface area (Å²) in [5.41, 5.74) is 0.709. The molecule has 0 aliphatic heterocycles. The van der Waals surface area contributed by atoms with Gasteiger partial charge >= 0.3 is 5.97 Å². The van der Waals surface area contributed by atoms with Crippen molar-refractivity contribution in [3.63, 3.8) is 0 Å². The van der Waals surface area contributed by atoms with Crippen molar-refractivity contribution in [3.05, 3.63) is 51.3 Å². The molecular weight excluding hydrogens is 293 g/mol. The van der Waals surface area contributed by atoms with Crippen LogP contribution in [0.25, 0.3) is 0 Å². The molecule has 7 heteroatoms. The van der Waals surface area contributed by atoms with Crippen molar-refractivity contribution in [2.24, 2.45) is 0 Å². The Morgan fingerprint density at radius 1 is 1.26 bits per heavy atom. The van der Waals surface area contributed by atoms with Crippen molar-refractivity contribution in [1.29, 1.82) is 0 Å². The van der Waals surface area contributed by atoms with Gasteiger partial charge in [0.05, 0.1) is 16.7 Å². The van der Waals surface area contributed by atoms with Gasteiger partial charge in [0.2, 0.25) is 0 Å². The summed E-state index contributed by atoms with van der Waals surface area (Å²) in [6.45, 7) is 0.431. The highest BCUT2D eigenvalue weighted by Gasteiger charge is 2.10. The maximum atomic E-state index is 10.6. The second kappa shape index (κ2) is 6.06. The van der Waals surface area contributed by atoms with Gasteiger partial charge in [0, 0.05) is 6.07 Å². The van der Waals surface area contributed by atoms with Crippen molar-refractivity contribution >= 4 is 29.2 Å². The summed E-state index contributed by atoms with van der Waals surface area (Å²) < 4.78 is 10.2. The van der Waals surface area contributed by atoms with Gasteiger partial charge in [0.25, 0.3) is 0 Å². The van der Waals surface area contributed by atoms with E-state index in [2.05, 4.69) is 5.16 Å². The highest BCUT2D eigenvalue weighted by molar-refractivity contribution is 6.42.